The Bertz CT molecular complexity index is 752. The van der Waals surface area contributed by atoms with Gasteiger partial charge in [-0.05, 0) is 17.2 Å². The number of aromatic nitrogens is 1. The lowest BCUT2D eigenvalue weighted by Crippen LogP contribution is -2.26. The molecule has 1 aromatic carbocycles. The third-order valence-electron chi connectivity index (χ3n) is 3.74. The molecule has 0 bridgehead atoms. The fourth-order valence-electron chi connectivity index (χ4n) is 2.54. The maximum absolute atomic E-state index is 12.1. The zero-order valence-electron chi connectivity index (χ0n) is 13.6. The van der Waals surface area contributed by atoms with Crippen LogP contribution in [0.25, 0.3) is 0 Å². The Morgan fingerprint density at radius 1 is 0.960 bits per heavy atom. The number of aryl methyl sites for hydroxylation is 1. The molecule has 1 amide bonds. The van der Waals surface area contributed by atoms with E-state index in [9.17, 15) is 14.4 Å². The quantitative estimate of drug-likeness (QED) is 0.638. The van der Waals surface area contributed by atoms with Gasteiger partial charge in [0.1, 0.15) is 0 Å². The summed E-state index contributed by atoms with van der Waals surface area (Å²) in [5.74, 6) is -2.10. The minimum Gasteiger partial charge on any atom is -0.481 e. The normalized spacial score (nSPS) is 10.4. The van der Waals surface area contributed by atoms with Gasteiger partial charge in [-0.15, -0.1) is 0 Å². The van der Waals surface area contributed by atoms with Crippen LogP contribution in [0.4, 0.5) is 0 Å². The van der Waals surface area contributed by atoms with Crippen LogP contribution in [0, 0.1) is 0 Å². The van der Waals surface area contributed by atoms with Gasteiger partial charge < -0.3 is 20.1 Å². The first-order chi connectivity index (χ1) is 12.0. The van der Waals surface area contributed by atoms with Gasteiger partial charge in [-0.2, -0.15) is 0 Å². The van der Waals surface area contributed by atoms with Gasteiger partial charge in [0.25, 0.3) is 0 Å². The Balaban J connectivity index is 2.04. The summed E-state index contributed by atoms with van der Waals surface area (Å²) in [5, 5.41) is 20.6. The van der Waals surface area contributed by atoms with Crippen molar-refractivity contribution in [2.45, 2.75) is 32.4 Å². The molecular weight excluding hydrogens is 324 g/mol. The summed E-state index contributed by atoms with van der Waals surface area (Å²) in [6.45, 7) is 0.375. The zero-order chi connectivity index (χ0) is 18.2. The molecule has 0 unspecified atom stereocenters. The number of hydrogen-bond donors (Lipinski definition) is 3. The Labute approximate surface area is 144 Å². The number of amides is 1. The highest BCUT2D eigenvalue weighted by atomic mass is 16.4. The van der Waals surface area contributed by atoms with Crippen molar-refractivity contribution in [2.75, 3.05) is 0 Å². The molecule has 0 atom stereocenters. The fraction of sp³-hybridized carbons (Fsp3) is 0.278. The number of nitrogens with one attached hydrogen (secondary N) is 1. The lowest BCUT2D eigenvalue weighted by Gasteiger charge is -2.12. The van der Waals surface area contributed by atoms with Crippen molar-refractivity contribution < 1.29 is 24.6 Å². The van der Waals surface area contributed by atoms with Crippen LogP contribution in [0.15, 0.2) is 42.6 Å². The molecule has 0 saturated carbocycles. The van der Waals surface area contributed by atoms with E-state index < -0.39 is 11.9 Å². The van der Waals surface area contributed by atoms with E-state index in [1.54, 1.807) is 16.8 Å². The van der Waals surface area contributed by atoms with Crippen molar-refractivity contribution in [1.82, 2.24) is 9.88 Å². The van der Waals surface area contributed by atoms with Crippen LogP contribution >= 0.6 is 0 Å². The van der Waals surface area contributed by atoms with Crippen LogP contribution < -0.4 is 5.32 Å². The van der Waals surface area contributed by atoms with E-state index in [4.69, 9.17) is 10.2 Å². The van der Waals surface area contributed by atoms with Crippen molar-refractivity contribution in [3.05, 3.63) is 59.4 Å². The van der Waals surface area contributed by atoms with Gasteiger partial charge in [0, 0.05) is 18.4 Å². The van der Waals surface area contributed by atoms with Crippen LogP contribution in [0.5, 0.6) is 0 Å². The number of aliphatic carboxylic acids is 2. The van der Waals surface area contributed by atoms with Crippen LogP contribution in [-0.4, -0.2) is 32.6 Å². The standard InChI is InChI=1S/C18H20N2O5/c21-16(10-13-4-2-1-3-5-13)19-12-15-14(11-18(24)25)6-8-20(15)9-7-17(22)23/h1-6,8H,7,9-12H2,(H,19,21)(H,22,23)(H,24,25). The molecule has 1 heterocycles. The maximum atomic E-state index is 12.1. The van der Waals surface area contributed by atoms with E-state index in [2.05, 4.69) is 5.32 Å². The second-order valence-electron chi connectivity index (χ2n) is 5.63. The number of carbonyl (C=O) groups is 3. The van der Waals surface area contributed by atoms with Gasteiger partial charge in [0.15, 0.2) is 0 Å². The molecule has 0 radical (unpaired) electrons. The first kappa shape index (κ1) is 18.3. The average molecular weight is 344 g/mol. The summed E-state index contributed by atoms with van der Waals surface area (Å²) >= 11 is 0. The predicted molar refractivity (Wildman–Crippen MR) is 90.0 cm³/mol. The number of carbonyl (C=O) groups excluding carboxylic acids is 1. The van der Waals surface area contributed by atoms with Crippen molar-refractivity contribution in [1.29, 1.82) is 0 Å². The highest BCUT2D eigenvalue weighted by Gasteiger charge is 2.14. The molecule has 0 spiro atoms. The second-order valence-corrected chi connectivity index (χ2v) is 5.63. The lowest BCUT2D eigenvalue weighted by atomic mass is 10.1. The molecule has 2 aromatic rings. The van der Waals surface area contributed by atoms with Gasteiger partial charge in [-0.25, -0.2) is 0 Å². The van der Waals surface area contributed by atoms with Crippen LogP contribution in [0.3, 0.4) is 0 Å². The zero-order valence-corrected chi connectivity index (χ0v) is 13.6. The predicted octanol–water partition coefficient (Wildman–Crippen LogP) is 1.45. The molecule has 7 nitrogen and oxygen atoms in total. The van der Waals surface area contributed by atoms with E-state index in [0.29, 0.717) is 11.3 Å². The fourth-order valence-corrected chi connectivity index (χ4v) is 2.54. The number of hydrogen-bond acceptors (Lipinski definition) is 3. The van der Waals surface area contributed by atoms with Gasteiger partial charge in [0.2, 0.25) is 5.91 Å². The Hall–Kier alpha value is -3.09. The number of rotatable bonds is 9. The smallest absolute Gasteiger partial charge is 0.307 e. The van der Waals surface area contributed by atoms with Crippen molar-refractivity contribution in [2.24, 2.45) is 0 Å². The Kier molecular flexibility index (Phi) is 6.33. The lowest BCUT2D eigenvalue weighted by molar-refractivity contribution is -0.138. The summed E-state index contributed by atoms with van der Waals surface area (Å²) in [6, 6.07) is 10.9. The van der Waals surface area contributed by atoms with E-state index in [1.807, 2.05) is 30.3 Å². The molecular formula is C18H20N2O5. The first-order valence-electron chi connectivity index (χ1n) is 7.87. The molecule has 3 N–H and O–H groups in total. The summed E-state index contributed by atoms with van der Waals surface area (Å²) in [5.41, 5.74) is 2.06. The van der Waals surface area contributed by atoms with E-state index >= 15 is 0 Å². The molecule has 0 aliphatic heterocycles. The molecule has 0 aliphatic carbocycles. The number of nitrogens with zero attached hydrogens (tertiary/aromatic N) is 1. The highest BCUT2D eigenvalue weighted by molar-refractivity contribution is 5.78. The summed E-state index contributed by atoms with van der Waals surface area (Å²) < 4.78 is 1.68. The third kappa shape index (κ3) is 5.80. The van der Waals surface area contributed by atoms with E-state index in [-0.39, 0.29) is 38.3 Å². The SMILES string of the molecule is O=C(O)CCn1ccc(CC(=O)O)c1CNC(=O)Cc1ccccc1. The average Bonchev–Trinajstić information content (AvgIpc) is 2.93. The number of carboxylic acids is 2. The summed E-state index contributed by atoms with van der Waals surface area (Å²) in [6.07, 6.45) is 1.63. The van der Waals surface area contributed by atoms with Crippen LogP contribution in [-0.2, 0) is 40.3 Å². The van der Waals surface area contributed by atoms with Crippen molar-refractivity contribution in [3.8, 4) is 0 Å². The minimum atomic E-state index is -0.979. The van der Waals surface area contributed by atoms with Crippen molar-refractivity contribution >= 4 is 17.8 Å². The van der Waals surface area contributed by atoms with E-state index in [0.717, 1.165) is 5.56 Å². The topological polar surface area (TPSA) is 109 Å². The molecule has 25 heavy (non-hydrogen) atoms. The molecule has 0 aliphatic rings. The van der Waals surface area contributed by atoms with Crippen molar-refractivity contribution in [3.63, 3.8) is 0 Å². The second kappa shape index (κ2) is 8.68. The number of carboxylic acid groups (broad SMARTS) is 2. The van der Waals surface area contributed by atoms with Crippen LogP contribution in [0.1, 0.15) is 23.2 Å². The van der Waals surface area contributed by atoms with E-state index in [1.165, 1.54) is 0 Å². The Morgan fingerprint density at radius 3 is 2.32 bits per heavy atom. The highest BCUT2D eigenvalue weighted by Crippen LogP contribution is 2.13. The molecule has 2 rings (SSSR count). The minimum absolute atomic E-state index is 0.0772. The van der Waals surface area contributed by atoms with Gasteiger partial charge in [-0.1, -0.05) is 30.3 Å². The number of benzene rings is 1. The largest absolute Gasteiger partial charge is 0.481 e. The monoisotopic (exact) mass is 344 g/mol. The van der Waals surface area contributed by atoms with Gasteiger partial charge in [0.05, 0.1) is 25.8 Å². The summed E-state index contributed by atoms with van der Waals surface area (Å²) in [4.78, 5) is 33.8. The molecule has 1 aromatic heterocycles. The molecule has 7 heteroatoms. The maximum Gasteiger partial charge on any atom is 0.307 e. The molecule has 0 fully saturated rings. The van der Waals surface area contributed by atoms with Crippen LogP contribution in [0.2, 0.25) is 0 Å². The molecule has 132 valence electrons. The van der Waals surface area contributed by atoms with Gasteiger partial charge >= 0.3 is 11.9 Å². The summed E-state index contributed by atoms with van der Waals surface area (Å²) in [7, 11) is 0. The first-order valence-corrected chi connectivity index (χ1v) is 7.87. The third-order valence-corrected chi connectivity index (χ3v) is 3.74. The molecule has 0 saturated heterocycles. The Morgan fingerprint density at radius 2 is 1.68 bits per heavy atom. The van der Waals surface area contributed by atoms with Gasteiger partial charge in [-0.3, -0.25) is 14.4 Å².